The lowest BCUT2D eigenvalue weighted by Gasteiger charge is -2.37. The molecule has 4 atom stereocenters. The average Bonchev–Trinajstić information content (AvgIpc) is 3.02. The minimum atomic E-state index is -0.0863. The number of rotatable bonds is 6. The van der Waals surface area contributed by atoms with Crippen LogP contribution < -0.4 is 0 Å². The Balaban J connectivity index is 1.92. The van der Waals surface area contributed by atoms with Crippen LogP contribution in [0.1, 0.15) is 37.4 Å². The van der Waals surface area contributed by atoms with Crippen molar-refractivity contribution in [2.75, 3.05) is 0 Å². The van der Waals surface area contributed by atoms with E-state index in [0.29, 0.717) is 6.42 Å². The van der Waals surface area contributed by atoms with Gasteiger partial charge in [0.15, 0.2) is 0 Å². The van der Waals surface area contributed by atoms with E-state index >= 15 is 0 Å². The van der Waals surface area contributed by atoms with Gasteiger partial charge in [0.25, 0.3) is 0 Å². The zero-order valence-corrected chi connectivity index (χ0v) is 16.8. The number of hydrogen-bond donors (Lipinski definition) is 0. The fourth-order valence-corrected chi connectivity index (χ4v) is 4.16. The van der Waals surface area contributed by atoms with Gasteiger partial charge >= 0.3 is 5.97 Å². The van der Waals surface area contributed by atoms with E-state index in [4.69, 9.17) is 4.74 Å². The minimum absolute atomic E-state index is 0.0667. The molecule has 25 heavy (non-hydrogen) atoms. The molecule has 0 amide bonds. The zero-order chi connectivity index (χ0) is 17.8. The third-order valence-corrected chi connectivity index (χ3v) is 5.60. The van der Waals surface area contributed by atoms with Gasteiger partial charge in [0.1, 0.15) is 6.10 Å². The van der Waals surface area contributed by atoms with Crippen LogP contribution in [0.4, 0.5) is 0 Å². The maximum atomic E-state index is 12.0. The zero-order valence-electron chi connectivity index (χ0n) is 14.6. The molecule has 1 fully saturated rings. The summed E-state index contributed by atoms with van der Waals surface area (Å²) in [4.78, 5) is 14.5. The maximum Gasteiger partial charge on any atom is 0.307 e. The van der Waals surface area contributed by atoms with Gasteiger partial charge in [-0.2, -0.15) is 0 Å². The van der Waals surface area contributed by atoms with Gasteiger partial charge in [-0.15, -0.1) is 0 Å². The second-order valence-corrected chi connectivity index (χ2v) is 8.61. The third kappa shape index (κ3) is 4.42. The Hall–Kier alpha value is -1.40. The number of esters is 1. The highest BCUT2D eigenvalue weighted by Crippen LogP contribution is 2.34. The molecule has 0 radical (unpaired) electrons. The predicted molar refractivity (Wildman–Crippen MR) is 109 cm³/mol. The molecule has 3 nitrogen and oxygen atoms in total. The fraction of sp³-hybridized carbons (Fsp3) is 0.381. The number of hydrogen-bond acceptors (Lipinski definition) is 3. The second kappa shape index (κ2) is 8.32. The summed E-state index contributed by atoms with van der Waals surface area (Å²) in [6.45, 7) is 5.14. The first-order chi connectivity index (χ1) is 12.1. The number of nitrogens with zero attached hydrogens (tertiary/aromatic N) is 1. The summed E-state index contributed by atoms with van der Waals surface area (Å²) < 4.78 is 5.93. The lowest BCUT2D eigenvalue weighted by atomic mass is 9.99. The normalized spacial score (nSPS) is 22.6. The van der Waals surface area contributed by atoms with E-state index in [1.807, 2.05) is 12.1 Å². The summed E-state index contributed by atoms with van der Waals surface area (Å²) in [5, 5.41) is 0. The number of carbonyl (C=O) groups excluding carboxylic acids is 1. The highest BCUT2D eigenvalue weighted by molar-refractivity contribution is 14.1. The van der Waals surface area contributed by atoms with Crippen LogP contribution in [-0.4, -0.2) is 26.9 Å². The topological polar surface area (TPSA) is 29.5 Å². The first kappa shape index (κ1) is 18.4. The average molecular weight is 449 g/mol. The van der Waals surface area contributed by atoms with Gasteiger partial charge in [-0.25, -0.2) is 0 Å². The van der Waals surface area contributed by atoms with Gasteiger partial charge < -0.3 is 4.74 Å². The molecular formula is C21H24INO2. The van der Waals surface area contributed by atoms with Crippen LogP contribution in [0.25, 0.3) is 0 Å². The van der Waals surface area contributed by atoms with Gasteiger partial charge in [-0.1, -0.05) is 83.3 Å². The number of alkyl halides is 1. The van der Waals surface area contributed by atoms with Gasteiger partial charge in [-0.05, 0) is 25.0 Å². The number of halogens is 1. The molecule has 0 aliphatic carbocycles. The Bertz CT molecular complexity index is 690. The van der Waals surface area contributed by atoms with Crippen LogP contribution in [0.2, 0.25) is 0 Å². The van der Waals surface area contributed by atoms with E-state index in [1.54, 1.807) is 0 Å². The predicted octanol–water partition coefficient (Wildman–Crippen LogP) is 4.76. The molecule has 4 heteroatoms. The highest BCUT2D eigenvalue weighted by Gasteiger charge is 2.42. The number of carbonyl (C=O) groups is 1. The lowest BCUT2D eigenvalue weighted by Crippen LogP contribution is -2.44. The van der Waals surface area contributed by atoms with Crippen molar-refractivity contribution in [1.82, 2.24) is 4.90 Å². The Kier molecular flexibility index (Phi) is 6.12. The molecule has 0 bridgehead atoms. The van der Waals surface area contributed by atoms with Gasteiger partial charge in [-0.3, -0.25) is 9.69 Å². The van der Waals surface area contributed by atoms with Gasteiger partial charge in [0.2, 0.25) is 0 Å². The molecule has 0 spiro atoms. The third-order valence-electron chi connectivity index (χ3n) is 4.89. The van der Waals surface area contributed by atoms with E-state index in [9.17, 15) is 4.79 Å². The lowest BCUT2D eigenvalue weighted by molar-refractivity contribution is -0.141. The molecule has 3 rings (SSSR count). The largest absolute Gasteiger partial charge is 0.460 e. The number of cyclic esters (lactones) is 1. The van der Waals surface area contributed by atoms with Gasteiger partial charge in [0.05, 0.1) is 12.5 Å². The SMILES string of the molecule is C[C@H](c1ccccc1)N(Cc1ccccc1)[C@H]1CC(=O)O[C@@H]1[C@@H](C)I. The number of benzene rings is 2. The van der Waals surface area contributed by atoms with Crippen molar-refractivity contribution in [3.8, 4) is 0 Å². The Morgan fingerprint density at radius 1 is 1.08 bits per heavy atom. The number of ether oxygens (including phenoxy) is 1. The molecule has 0 N–H and O–H groups in total. The standard InChI is InChI=1S/C21H24INO2/c1-15(22)21-19(13-20(24)25-21)23(14-17-9-5-3-6-10-17)16(2)18-11-7-4-8-12-18/h3-12,15-16,19,21H,13-14H2,1-2H3/t15-,16-,19+,21-/m1/s1. The molecule has 1 saturated heterocycles. The highest BCUT2D eigenvalue weighted by atomic mass is 127. The molecule has 2 aromatic rings. The molecule has 1 aliphatic heterocycles. The van der Waals surface area contributed by atoms with Crippen LogP contribution in [0, 0.1) is 0 Å². The van der Waals surface area contributed by atoms with Crippen molar-refractivity contribution >= 4 is 28.6 Å². The van der Waals surface area contributed by atoms with Crippen LogP contribution >= 0.6 is 22.6 Å². The molecular weight excluding hydrogens is 425 g/mol. The van der Waals surface area contributed by atoms with E-state index in [0.717, 1.165) is 6.54 Å². The summed E-state index contributed by atoms with van der Waals surface area (Å²) in [6, 6.07) is 21.2. The van der Waals surface area contributed by atoms with Crippen LogP contribution in [0.5, 0.6) is 0 Å². The molecule has 1 heterocycles. The van der Waals surface area contributed by atoms with Crippen molar-refractivity contribution < 1.29 is 9.53 Å². The van der Waals surface area contributed by atoms with E-state index in [2.05, 4.69) is 89.9 Å². The Labute approximate surface area is 163 Å². The van der Waals surface area contributed by atoms with Crippen molar-refractivity contribution in [3.05, 3.63) is 71.8 Å². The summed E-state index contributed by atoms with van der Waals surface area (Å²) in [6.07, 6.45) is 0.394. The molecule has 2 aromatic carbocycles. The first-order valence-electron chi connectivity index (χ1n) is 8.74. The monoisotopic (exact) mass is 449 g/mol. The molecule has 0 aromatic heterocycles. The van der Waals surface area contributed by atoms with E-state index in [1.165, 1.54) is 11.1 Å². The minimum Gasteiger partial charge on any atom is -0.460 e. The first-order valence-corrected chi connectivity index (χ1v) is 9.99. The van der Waals surface area contributed by atoms with Crippen LogP contribution in [0.3, 0.4) is 0 Å². The summed E-state index contributed by atoms with van der Waals surface area (Å²) in [7, 11) is 0. The van der Waals surface area contributed by atoms with Crippen LogP contribution in [-0.2, 0) is 16.1 Å². The second-order valence-electron chi connectivity index (χ2n) is 6.65. The molecule has 132 valence electrons. The van der Waals surface area contributed by atoms with Crippen molar-refractivity contribution in [2.45, 2.75) is 48.9 Å². The molecule has 1 aliphatic rings. The summed E-state index contributed by atoms with van der Waals surface area (Å²) in [5.74, 6) is -0.0863. The van der Waals surface area contributed by atoms with Crippen molar-refractivity contribution in [3.63, 3.8) is 0 Å². The van der Waals surface area contributed by atoms with Crippen LogP contribution in [0.15, 0.2) is 60.7 Å². The Morgan fingerprint density at radius 2 is 1.68 bits per heavy atom. The molecule has 0 saturated carbocycles. The van der Waals surface area contributed by atoms with E-state index in [-0.39, 0.29) is 28.1 Å². The smallest absolute Gasteiger partial charge is 0.307 e. The van der Waals surface area contributed by atoms with Crippen molar-refractivity contribution in [1.29, 1.82) is 0 Å². The van der Waals surface area contributed by atoms with E-state index < -0.39 is 0 Å². The molecule has 0 unspecified atom stereocenters. The van der Waals surface area contributed by atoms with Gasteiger partial charge in [0, 0.05) is 16.5 Å². The Morgan fingerprint density at radius 3 is 2.28 bits per heavy atom. The van der Waals surface area contributed by atoms with Crippen molar-refractivity contribution in [2.24, 2.45) is 0 Å². The fourth-order valence-electron chi connectivity index (χ4n) is 3.53. The summed E-state index contributed by atoms with van der Waals surface area (Å²) in [5.41, 5.74) is 2.52. The maximum absolute atomic E-state index is 12.0. The summed E-state index contributed by atoms with van der Waals surface area (Å²) >= 11 is 2.37. The quantitative estimate of drug-likeness (QED) is 0.362.